The fraction of sp³-hybridized carbons (Fsp3) is 0.889. The molecule has 0 heterocycles. The molecule has 1 rings (SSSR count). The first-order valence-electron chi connectivity index (χ1n) is 4.43. The molecule has 2 N–H and O–H groups in total. The van der Waals surface area contributed by atoms with Crippen molar-refractivity contribution in [2.45, 2.75) is 37.8 Å². The zero-order valence-corrected chi connectivity index (χ0v) is 7.49. The van der Waals surface area contributed by atoms with E-state index in [1.807, 2.05) is 0 Å². The number of rotatable bonds is 2. The Kier molecular flexibility index (Phi) is 3.51. The van der Waals surface area contributed by atoms with Crippen molar-refractivity contribution in [3.63, 3.8) is 0 Å². The van der Waals surface area contributed by atoms with E-state index >= 15 is 0 Å². The highest BCUT2D eigenvalue weighted by Crippen LogP contribution is 2.27. The monoisotopic (exact) mass is 168 g/mol. The van der Waals surface area contributed by atoms with Gasteiger partial charge in [0.25, 0.3) is 0 Å². The molecule has 1 saturated carbocycles. The summed E-state index contributed by atoms with van der Waals surface area (Å²) in [4.78, 5) is 0. The average molecular weight is 168 g/mol. The molecule has 3 nitrogen and oxygen atoms in total. The first-order chi connectivity index (χ1) is 5.77. The molecule has 0 amide bonds. The Balaban J connectivity index is 2.45. The molecule has 0 unspecified atom stereocenters. The quantitative estimate of drug-likeness (QED) is 0.670. The summed E-state index contributed by atoms with van der Waals surface area (Å²) in [5.74, 6) is 0.403. The van der Waals surface area contributed by atoms with Gasteiger partial charge in [0.15, 0.2) is 0 Å². The van der Waals surface area contributed by atoms with Crippen LogP contribution in [0, 0.1) is 17.2 Å². The van der Waals surface area contributed by atoms with Gasteiger partial charge >= 0.3 is 0 Å². The number of hydrogen-bond acceptors (Lipinski definition) is 3. The second-order valence-corrected chi connectivity index (χ2v) is 3.47. The van der Waals surface area contributed by atoms with Gasteiger partial charge in [-0.25, -0.2) is 0 Å². The van der Waals surface area contributed by atoms with Crippen molar-refractivity contribution in [2.24, 2.45) is 11.7 Å². The Morgan fingerprint density at radius 3 is 2.92 bits per heavy atom. The van der Waals surface area contributed by atoms with Gasteiger partial charge in [-0.2, -0.15) is 5.26 Å². The standard InChI is InChI=1S/C9H16N2O/c1-12-9-6-8(11)3-2-7(9)4-5-10/h7-9H,2-4,6,11H2,1H3/t7-,8+,9+/m1/s1. The molecule has 0 aromatic carbocycles. The molecular weight excluding hydrogens is 152 g/mol. The fourth-order valence-corrected chi connectivity index (χ4v) is 1.86. The first-order valence-corrected chi connectivity index (χ1v) is 4.43. The molecule has 12 heavy (non-hydrogen) atoms. The van der Waals surface area contributed by atoms with Gasteiger partial charge < -0.3 is 10.5 Å². The van der Waals surface area contributed by atoms with Crippen molar-refractivity contribution in [1.82, 2.24) is 0 Å². The SMILES string of the molecule is CO[C@H]1C[C@@H](N)CC[C@@H]1CC#N. The van der Waals surface area contributed by atoms with Gasteiger partial charge in [0.05, 0.1) is 12.2 Å². The van der Waals surface area contributed by atoms with E-state index in [2.05, 4.69) is 6.07 Å². The minimum atomic E-state index is 0.202. The van der Waals surface area contributed by atoms with Crippen LogP contribution in [0.3, 0.4) is 0 Å². The van der Waals surface area contributed by atoms with Crippen molar-refractivity contribution in [3.05, 3.63) is 0 Å². The Labute approximate surface area is 73.5 Å². The van der Waals surface area contributed by atoms with E-state index in [1.165, 1.54) is 0 Å². The van der Waals surface area contributed by atoms with Gasteiger partial charge in [-0.15, -0.1) is 0 Å². The van der Waals surface area contributed by atoms with Gasteiger partial charge in [0.1, 0.15) is 0 Å². The van der Waals surface area contributed by atoms with Crippen molar-refractivity contribution >= 4 is 0 Å². The predicted octanol–water partition coefficient (Wildman–Crippen LogP) is 1.04. The Morgan fingerprint density at radius 1 is 1.58 bits per heavy atom. The highest BCUT2D eigenvalue weighted by Gasteiger charge is 2.28. The summed E-state index contributed by atoms with van der Waals surface area (Å²) in [6.45, 7) is 0. The summed E-state index contributed by atoms with van der Waals surface area (Å²) in [5, 5.41) is 8.56. The minimum absolute atomic E-state index is 0.202. The van der Waals surface area contributed by atoms with E-state index in [9.17, 15) is 0 Å². The lowest BCUT2D eigenvalue weighted by Gasteiger charge is -2.32. The van der Waals surface area contributed by atoms with Crippen molar-refractivity contribution in [3.8, 4) is 6.07 Å². The molecule has 0 saturated heterocycles. The molecule has 68 valence electrons. The molecule has 0 radical (unpaired) electrons. The predicted molar refractivity (Wildman–Crippen MR) is 46.3 cm³/mol. The highest BCUT2D eigenvalue weighted by molar-refractivity contribution is 4.87. The summed E-state index contributed by atoms with van der Waals surface area (Å²) in [6.07, 6.45) is 3.78. The minimum Gasteiger partial charge on any atom is -0.381 e. The lowest BCUT2D eigenvalue weighted by atomic mass is 9.82. The molecule has 0 spiro atoms. The van der Waals surface area contributed by atoms with Crippen LogP contribution in [0.25, 0.3) is 0 Å². The molecule has 0 aliphatic heterocycles. The summed E-state index contributed by atoms with van der Waals surface area (Å²) in [7, 11) is 1.70. The maximum atomic E-state index is 8.56. The van der Waals surface area contributed by atoms with Crippen LogP contribution in [0.4, 0.5) is 0 Å². The number of ether oxygens (including phenoxy) is 1. The van der Waals surface area contributed by atoms with Crippen LogP contribution in [0.5, 0.6) is 0 Å². The number of nitrogens with zero attached hydrogens (tertiary/aromatic N) is 1. The zero-order chi connectivity index (χ0) is 8.97. The molecule has 3 atom stereocenters. The fourth-order valence-electron chi connectivity index (χ4n) is 1.86. The molecular formula is C9H16N2O. The first kappa shape index (κ1) is 9.50. The number of hydrogen-bond donors (Lipinski definition) is 1. The third-order valence-corrected chi connectivity index (χ3v) is 2.63. The smallest absolute Gasteiger partial charge is 0.0625 e. The summed E-state index contributed by atoms with van der Waals surface area (Å²) in [5.41, 5.74) is 5.80. The normalized spacial score (nSPS) is 35.9. The van der Waals surface area contributed by atoms with Gasteiger partial charge in [0, 0.05) is 19.6 Å². The third kappa shape index (κ3) is 2.20. The average Bonchev–Trinajstić information content (AvgIpc) is 2.08. The molecule has 0 aromatic rings. The lowest BCUT2D eigenvalue weighted by molar-refractivity contribution is 0.0194. The highest BCUT2D eigenvalue weighted by atomic mass is 16.5. The van der Waals surface area contributed by atoms with Crippen LogP contribution in [0.1, 0.15) is 25.7 Å². The Bertz CT molecular complexity index is 176. The third-order valence-electron chi connectivity index (χ3n) is 2.63. The van der Waals surface area contributed by atoms with E-state index in [1.54, 1.807) is 7.11 Å². The molecule has 1 aliphatic carbocycles. The zero-order valence-electron chi connectivity index (χ0n) is 7.49. The molecule has 3 heteroatoms. The van der Waals surface area contributed by atoms with Crippen LogP contribution in [-0.2, 0) is 4.74 Å². The second-order valence-electron chi connectivity index (χ2n) is 3.47. The van der Waals surface area contributed by atoms with Crippen LogP contribution >= 0.6 is 0 Å². The van der Waals surface area contributed by atoms with Gasteiger partial charge in [-0.05, 0) is 25.2 Å². The van der Waals surface area contributed by atoms with E-state index in [-0.39, 0.29) is 12.1 Å². The largest absolute Gasteiger partial charge is 0.381 e. The van der Waals surface area contributed by atoms with Crippen molar-refractivity contribution < 1.29 is 4.74 Å². The van der Waals surface area contributed by atoms with Crippen LogP contribution in [-0.4, -0.2) is 19.3 Å². The molecule has 0 bridgehead atoms. The summed E-state index contributed by atoms with van der Waals surface area (Å²) >= 11 is 0. The van der Waals surface area contributed by atoms with Crippen LogP contribution in [0.2, 0.25) is 0 Å². The van der Waals surface area contributed by atoms with Crippen molar-refractivity contribution in [2.75, 3.05) is 7.11 Å². The van der Waals surface area contributed by atoms with E-state index in [4.69, 9.17) is 15.7 Å². The van der Waals surface area contributed by atoms with Crippen LogP contribution in [0.15, 0.2) is 0 Å². The van der Waals surface area contributed by atoms with Gasteiger partial charge in [-0.1, -0.05) is 0 Å². The number of nitriles is 1. The molecule has 1 fully saturated rings. The van der Waals surface area contributed by atoms with E-state index < -0.39 is 0 Å². The van der Waals surface area contributed by atoms with E-state index in [0.29, 0.717) is 12.3 Å². The van der Waals surface area contributed by atoms with Gasteiger partial charge in [0.2, 0.25) is 0 Å². The molecule has 1 aliphatic rings. The van der Waals surface area contributed by atoms with Gasteiger partial charge in [-0.3, -0.25) is 0 Å². The summed E-state index contributed by atoms with van der Waals surface area (Å²) < 4.78 is 5.30. The topological polar surface area (TPSA) is 59.0 Å². The lowest BCUT2D eigenvalue weighted by Crippen LogP contribution is -2.37. The van der Waals surface area contributed by atoms with Crippen molar-refractivity contribution in [1.29, 1.82) is 5.26 Å². The van der Waals surface area contributed by atoms with Crippen LogP contribution < -0.4 is 5.73 Å². The Morgan fingerprint density at radius 2 is 2.33 bits per heavy atom. The summed E-state index contributed by atoms with van der Waals surface area (Å²) in [6, 6.07) is 2.46. The van der Waals surface area contributed by atoms with E-state index in [0.717, 1.165) is 19.3 Å². The maximum absolute atomic E-state index is 8.56. The number of methoxy groups -OCH3 is 1. The Hall–Kier alpha value is -0.590. The second kappa shape index (κ2) is 4.44. The molecule has 0 aromatic heterocycles. The maximum Gasteiger partial charge on any atom is 0.0625 e. The number of nitrogens with two attached hydrogens (primary N) is 1.